The maximum atomic E-state index is 12.8. The molecule has 0 spiro atoms. The molecule has 1 saturated heterocycles. The minimum Gasteiger partial charge on any atom is -0.364 e. The van der Waals surface area contributed by atoms with Gasteiger partial charge in [-0.2, -0.15) is 0 Å². The maximum absolute atomic E-state index is 12.8. The molecule has 3 aromatic rings. The number of hydrogen-bond acceptors (Lipinski definition) is 4. The lowest BCUT2D eigenvalue weighted by molar-refractivity contribution is -0.928. The molecular formula is C19H21ClN3O2S+. The van der Waals surface area contributed by atoms with Crippen LogP contribution in [0.5, 0.6) is 0 Å². The summed E-state index contributed by atoms with van der Waals surface area (Å²) in [5, 5.41) is 3.21. The van der Waals surface area contributed by atoms with Gasteiger partial charge in [-0.05, 0) is 19.9 Å². The average Bonchev–Trinajstić information content (AvgIpc) is 2.98. The Labute approximate surface area is 160 Å². The fourth-order valence-corrected chi connectivity index (χ4v) is 4.92. The second-order valence-electron chi connectivity index (χ2n) is 6.91. The quantitative estimate of drug-likeness (QED) is 0.722. The molecule has 4 rings (SSSR count). The summed E-state index contributed by atoms with van der Waals surface area (Å²) in [4.78, 5) is 22.6. The molecule has 0 bridgehead atoms. The summed E-state index contributed by atoms with van der Waals surface area (Å²) in [5.41, 5.74) is 1.61. The van der Waals surface area contributed by atoms with E-state index in [0.717, 1.165) is 34.9 Å². The Bertz CT molecular complexity index is 990. The molecule has 0 aliphatic carbocycles. The number of ether oxygens (including phenoxy) is 1. The molecule has 1 fully saturated rings. The molecule has 0 unspecified atom stereocenters. The van der Waals surface area contributed by atoms with Crippen LogP contribution in [-0.2, 0) is 11.3 Å². The standard InChI is InChI=1S/C19H20ClN3O2S/c1-11-7-23(8-12(2)25-11)9-16-21-18(24)17-14(10-26-19(17)22-16)13-5-3-4-6-15(13)20/h3-6,10-12H,7-9H2,1-2H3,(H,21,22,24)/p+1/t11-,12-/m0/s1. The lowest BCUT2D eigenvalue weighted by atomic mass is 10.1. The Morgan fingerprint density at radius 1 is 1.27 bits per heavy atom. The highest BCUT2D eigenvalue weighted by atomic mass is 35.5. The van der Waals surface area contributed by atoms with Crippen molar-refractivity contribution in [3.8, 4) is 11.1 Å². The van der Waals surface area contributed by atoms with Crippen LogP contribution in [-0.4, -0.2) is 35.3 Å². The zero-order chi connectivity index (χ0) is 18.3. The predicted molar refractivity (Wildman–Crippen MR) is 105 cm³/mol. The molecule has 7 heteroatoms. The fraction of sp³-hybridized carbons (Fsp3) is 0.368. The molecule has 1 aromatic carbocycles. The second kappa shape index (κ2) is 7.12. The Morgan fingerprint density at radius 2 is 2.00 bits per heavy atom. The first-order chi connectivity index (χ1) is 12.5. The number of halogens is 1. The van der Waals surface area contributed by atoms with Gasteiger partial charge in [0, 0.05) is 21.5 Å². The van der Waals surface area contributed by atoms with Gasteiger partial charge in [-0.1, -0.05) is 29.8 Å². The van der Waals surface area contributed by atoms with E-state index >= 15 is 0 Å². The summed E-state index contributed by atoms with van der Waals surface area (Å²) < 4.78 is 5.79. The van der Waals surface area contributed by atoms with Gasteiger partial charge in [-0.15, -0.1) is 11.3 Å². The summed E-state index contributed by atoms with van der Waals surface area (Å²) in [6.45, 7) is 6.71. The molecule has 0 amide bonds. The molecule has 0 radical (unpaired) electrons. The van der Waals surface area contributed by atoms with E-state index in [-0.39, 0.29) is 17.8 Å². The van der Waals surface area contributed by atoms with Crippen LogP contribution in [0.1, 0.15) is 19.7 Å². The molecule has 136 valence electrons. The third kappa shape index (κ3) is 3.42. The number of hydrogen-bond donors (Lipinski definition) is 2. The van der Waals surface area contributed by atoms with Crippen molar-refractivity contribution in [1.82, 2.24) is 9.97 Å². The third-order valence-electron chi connectivity index (χ3n) is 4.69. The van der Waals surface area contributed by atoms with Gasteiger partial charge >= 0.3 is 0 Å². The van der Waals surface area contributed by atoms with E-state index in [1.807, 2.05) is 29.6 Å². The minimum atomic E-state index is -0.102. The van der Waals surface area contributed by atoms with E-state index in [0.29, 0.717) is 17.0 Å². The van der Waals surface area contributed by atoms with Gasteiger partial charge in [0.15, 0.2) is 5.82 Å². The predicted octanol–water partition coefficient (Wildman–Crippen LogP) is 2.50. The first kappa shape index (κ1) is 17.7. The number of nitrogens with zero attached hydrogens (tertiary/aromatic N) is 1. The van der Waals surface area contributed by atoms with Crippen LogP contribution in [0.3, 0.4) is 0 Å². The third-order valence-corrected chi connectivity index (χ3v) is 5.89. The Kier molecular flexibility index (Phi) is 4.84. The number of morpholine rings is 1. The van der Waals surface area contributed by atoms with Gasteiger partial charge in [0.25, 0.3) is 5.56 Å². The van der Waals surface area contributed by atoms with Crippen molar-refractivity contribution in [3.05, 3.63) is 50.8 Å². The number of quaternary nitrogens is 1. The molecule has 2 N–H and O–H groups in total. The number of fused-ring (bicyclic) bond motifs is 1. The molecule has 2 aromatic heterocycles. The zero-order valence-corrected chi connectivity index (χ0v) is 16.3. The Hall–Kier alpha value is -1.73. The average molecular weight is 391 g/mol. The highest BCUT2D eigenvalue weighted by Crippen LogP contribution is 2.34. The molecule has 0 saturated carbocycles. The highest BCUT2D eigenvalue weighted by Gasteiger charge is 2.26. The van der Waals surface area contributed by atoms with Crippen molar-refractivity contribution in [2.75, 3.05) is 13.1 Å². The number of benzene rings is 1. The van der Waals surface area contributed by atoms with Crippen molar-refractivity contribution in [3.63, 3.8) is 0 Å². The number of nitrogens with one attached hydrogen (secondary N) is 2. The van der Waals surface area contributed by atoms with Crippen LogP contribution >= 0.6 is 22.9 Å². The van der Waals surface area contributed by atoms with Crippen LogP contribution in [0.4, 0.5) is 0 Å². The van der Waals surface area contributed by atoms with Gasteiger partial charge < -0.3 is 14.6 Å². The topological polar surface area (TPSA) is 59.4 Å². The van der Waals surface area contributed by atoms with Crippen LogP contribution in [0.25, 0.3) is 21.3 Å². The molecule has 1 aliphatic rings. The first-order valence-electron chi connectivity index (χ1n) is 8.75. The summed E-state index contributed by atoms with van der Waals surface area (Å²) >= 11 is 7.80. The van der Waals surface area contributed by atoms with E-state index in [2.05, 4.69) is 18.8 Å². The molecular weight excluding hydrogens is 370 g/mol. The summed E-state index contributed by atoms with van der Waals surface area (Å²) in [6.07, 6.45) is 0.440. The number of thiophene rings is 1. The molecule has 1 aliphatic heterocycles. The summed E-state index contributed by atoms with van der Waals surface area (Å²) in [5.74, 6) is 0.728. The zero-order valence-electron chi connectivity index (χ0n) is 14.7. The van der Waals surface area contributed by atoms with E-state index in [4.69, 9.17) is 21.3 Å². The van der Waals surface area contributed by atoms with Crippen molar-refractivity contribution < 1.29 is 9.64 Å². The largest absolute Gasteiger partial charge is 0.364 e. The lowest BCUT2D eigenvalue weighted by Gasteiger charge is -2.32. The first-order valence-corrected chi connectivity index (χ1v) is 10.0. The van der Waals surface area contributed by atoms with Crippen molar-refractivity contribution >= 4 is 33.2 Å². The van der Waals surface area contributed by atoms with Crippen LogP contribution < -0.4 is 10.5 Å². The second-order valence-corrected chi connectivity index (χ2v) is 8.18. The number of aromatic amines is 1. The van der Waals surface area contributed by atoms with Crippen LogP contribution in [0, 0.1) is 0 Å². The monoisotopic (exact) mass is 390 g/mol. The molecule has 3 heterocycles. The van der Waals surface area contributed by atoms with Gasteiger partial charge in [-0.25, -0.2) is 4.98 Å². The Balaban J connectivity index is 1.68. The van der Waals surface area contributed by atoms with Crippen molar-refractivity contribution in [2.24, 2.45) is 0 Å². The lowest BCUT2D eigenvalue weighted by Crippen LogP contribution is -3.14. The maximum Gasteiger partial charge on any atom is 0.260 e. The number of H-pyrrole nitrogens is 1. The van der Waals surface area contributed by atoms with Crippen molar-refractivity contribution in [2.45, 2.75) is 32.6 Å². The van der Waals surface area contributed by atoms with Crippen LogP contribution in [0.15, 0.2) is 34.4 Å². The molecule has 26 heavy (non-hydrogen) atoms. The normalized spacial score (nSPS) is 23.4. The van der Waals surface area contributed by atoms with Gasteiger partial charge in [0.2, 0.25) is 0 Å². The smallest absolute Gasteiger partial charge is 0.260 e. The summed E-state index contributed by atoms with van der Waals surface area (Å²) in [6, 6.07) is 7.57. The van der Waals surface area contributed by atoms with Gasteiger partial charge in [-0.3, -0.25) is 4.79 Å². The highest BCUT2D eigenvalue weighted by molar-refractivity contribution is 7.17. The SMILES string of the molecule is C[C@H]1C[NH+](Cc2nc3scc(-c4ccccc4Cl)c3c(=O)[nH]2)C[C@H](C)O1. The van der Waals surface area contributed by atoms with Crippen LogP contribution in [0.2, 0.25) is 5.02 Å². The molecule has 5 nitrogen and oxygen atoms in total. The number of aromatic nitrogens is 2. The van der Waals surface area contributed by atoms with Crippen molar-refractivity contribution in [1.29, 1.82) is 0 Å². The Morgan fingerprint density at radius 3 is 2.73 bits per heavy atom. The van der Waals surface area contributed by atoms with Gasteiger partial charge in [0.05, 0.1) is 5.39 Å². The van der Waals surface area contributed by atoms with E-state index < -0.39 is 0 Å². The minimum absolute atomic E-state index is 0.102. The van der Waals surface area contributed by atoms with Gasteiger partial charge in [0.1, 0.15) is 36.7 Å². The number of rotatable bonds is 3. The summed E-state index contributed by atoms with van der Waals surface area (Å²) in [7, 11) is 0. The molecule has 2 atom stereocenters. The van der Waals surface area contributed by atoms with E-state index in [1.165, 1.54) is 16.2 Å². The fourth-order valence-electron chi connectivity index (χ4n) is 3.73. The van der Waals surface area contributed by atoms with E-state index in [1.54, 1.807) is 0 Å². The van der Waals surface area contributed by atoms with E-state index in [9.17, 15) is 4.79 Å².